The maximum absolute atomic E-state index is 4.47. The lowest BCUT2D eigenvalue weighted by molar-refractivity contribution is 0.949. The average molecular weight is 243 g/mol. The quantitative estimate of drug-likeness (QED) is 0.706. The Bertz CT molecular complexity index is 709. The summed E-state index contributed by atoms with van der Waals surface area (Å²) in [6, 6.07) is 0. The first kappa shape index (κ1) is 10.7. The number of aromatic nitrogens is 6. The van der Waals surface area contributed by atoms with Gasteiger partial charge in [0.1, 0.15) is 11.8 Å². The van der Waals surface area contributed by atoms with E-state index >= 15 is 0 Å². The minimum absolute atomic E-state index is 0.537. The molecule has 0 atom stereocenters. The number of imidazole rings is 2. The summed E-state index contributed by atoms with van der Waals surface area (Å²) in [6.45, 7) is 3.97. The number of anilines is 1. The van der Waals surface area contributed by atoms with Crippen molar-refractivity contribution >= 4 is 17.1 Å². The van der Waals surface area contributed by atoms with Gasteiger partial charge < -0.3 is 10.3 Å². The molecule has 92 valence electrons. The lowest BCUT2D eigenvalue weighted by atomic mass is 10.3. The largest absolute Gasteiger partial charge is 0.357 e. The Morgan fingerprint density at radius 1 is 1.22 bits per heavy atom. The van der Waals surface area contributed by atoms with E-state index in [4.69, 9.17) is 0 Å². The van der Waals surface area contributed by atoms with Crippen LogP contribution < -0.4 is 5.32 Å². The number of nitrogens with one attached hydrogen (secondary N) is 2. The maximum atomic E-state index is 4.47. The van der Waals surface area contributed by atoms with Gasteiger partial charge in [-0.05, 0) is 13.8 Å². The van der Waals surface area contributed by atoms with Crippen molar-refractivity contribution in [3.8, 4) is 5.82 Å². The number of hydrogen-bond acceptors (Lipinski definition) is 5. The smallest absolute Gasteiger partial charge is 0.226 e. The van der Waals surface area contributed by atoms with Gasteiger partial charge in [0.2, 0.25) is 5.95 Å². The highest BCUT2D eigenvalue weighted by Crippen LogP contribution is 2.20. The van der Waals surface area contributed by atoms with Crippen LogP contribution in [0.3, 0.4) is 0 Å². The summed E-state index contributed by atoms with van der Waals surface area (Å²) in [4.78, 5) is 20.3. The third-order valence-corrected chi connectivity index (χ3v) is 2.97. The third kappa shape index (κ3) is 1.44. The topological polar surface area (TPSA) is 84.3 Å². The molecule has 0 aliphatic rings. The molecule has 0 saturated heterocycles. The van der Waals surface area contributed by atoms with Crippen molar-refractivity contribution in [3.05, 3.63) is 24.0 Å². The molecule has 0 fully saturated rings. The summed E-state index contributed by atoms with van der Waals surface area (Å²) in [6.07, 6.45) is 3.37. The zero-order valence-corrected chi connectivity index (χ0v) is 10.4. The number of hydrogen-bond donors (Lipinski definition) is 2. The van der Waals surface area contributed by atoms with Gasteiger partial charge in [-0.25, -0.2) is 9.97 Å². The number of aryl methyl sites for hydroxylation is 1. The van der Waals surface area contributed by atoms with Gasteiger partial charge in [0.25, 0.3) is 0 Å². The number of nitrogens with zero attached hydrogens (tertiary/aromatic N) is 5. The number of rotatable bonds is 2. The molecule has 0 amide bonds. The van der Waals surface area contributed by atoms with Crippen LogP contribution in [-0.2, 0) is 0 Å². The van der Waals surface area contributed by atoms with Crippen LogP contribution in [0.25, 0.3) is 17.0 Å². The van der Waals surface area contributed by atoms with Gasteiger partial charge in [-0.2, -0.15) is 9.97 Å². The van der Waals surface area contributed by atoms with E-state index in [1.54, 1.807) is 19.7 Å². The molecule has 0 aromatic carbocycles. The predicted octanol–water partition coefficient (Wildman–Crippen LogP) is 1.20. The maximum Gasteiger partial charge on any atom is 0.226 e. The minimum Gasteiger partial charge on any atom is -0.357 e. The normalized spacial score (nSPS) is 11.1. The first-order chi connectivity index (χ1) is 8.70. The van der Waals surface area contributed by atoms with Crippen molar-refractivity contribution in [2.75, 3.05) is 12.4 Å². The molecule has 3 rings (SSSR count). The lowest BCUT2D eigenvalue weighted by Crippen LogP contribution is -2.05. The molecule has 0 saturated carbocycles. The van der Waals surface area contributed by atoms with Crippen molar-refractivity contribution in [2.45, 2.75) is 13.8 Å². The molecule has 3 heterocycles. The molecule has 0 bridgehead atoms. The molecule has 0 aliphatic heterocycles. The van der Waals surface area contributed by atoms with Crippen molar-refractivity contribution in [1.82, 2.24) is 29.5 Å². The Kier molecular flexibility index (Phi) is 2.26. The lowest BCUT2D eigenvalue weighted by Gasteiger charge is -2.07. The highest BCUT2D eigenvalue weighted by Gasteiger charge is 2.13. The average Bonchev–Trinajstić information content (AvgIpc) is 2.97. The Balaban J connectivity index is 2.33. The second-order valence-electron chi connectivity index (χ2n) is 4.01. The van der Waals surface area contributed by atoms with Crippen LogP contribution in [0.1, 0.15) is 11.4 Å². The summed E-state index contributed by atoms with van der Waals surface area (Å²) in [5, 5.41) is 2.94. The van der Waals surface area contributed by atoms with E-state index in [1.807, 2.05) is 18.4 Å². The molecule has 7 heteroatoms. The second kappa shape index (κ2) is 3.80. The van der Waals surface area contributed by atoms with Crippen LogP contribution in [0.15, 0.2) is 12.7 Å². The Hall–Kier alpha value is -2.44. The second-order valence-corrected chi connectivity index (χ2v) is 4.01. The van der Waals surface area contributed by atoms with Gasteiger partial charge in [-0.1, -0.05) is 0 Å². The van der Waals surface area contributed by atoms with E-state index in [0.717, 1.165) is 22.7 Å². The Morgan fingerprint density at radius 3 is 2.72 bits per heavy atom. The van der Waals surface area contributed by atoms with E-state index < -0.39 is 0 Å². The summed E-state index contributed by atoms with van der Waals surface area (Å²) >= 11 is 0. The van der Waals surface area contributed by atoms with E-state index in [1.165, 1.54) is 0 Å². The first-order valence-electron chi connectivity index (χ1n) is 5.60. The monoisotopic (exact) mass is 243 g/mol. The van der Waals surface area contributed by atoms with Gasteiger partial charge >= 0.3 is 0 Å². The molecule has 3 aromatic rings. The minimum atomic E-state index is 0.537. The Morgan fingerprint density at radius 2 is 2.06 bits per heavy atom. The van der Waals surface area contributed by atoms with Crippen molar-refractivity contribution in [1.29, 1.82) is 0 Å². The summed E-state index contributed by atoms with van der Waals surface area (Å²) in [5.41, 5.74) is 3.46. The number of fused-ring (bicyclic) bond motifs is 1. The van der Waals surface area contributed by atoms with E-state index in [2.05, 4.69) is 30.2 Å². The van der Waals surface area contributed by atoms with Crippen LogP contribution in [0.5, 0.6) is 0 Å². The highest BCUT2D eigenvalue weighted by molar-refractivity contribution is 5.79. The molecule has 7 nitrogen and oxygen atoms in total. The van der Waals surface area contributed by atoms with E-state index in [-0.39, 0.29) is 0 Å². The van der Waals surface area contributed by atoms with Crippen LogP contribution >= 0.6 is 0 Å². The van der Waals surface area contributed by atoms with Gasteiger partial charge in [0.15, 0.2) is 11.5 Å². The molecule has 0 radical (unpaired) electrons. The molecular weight excluding hydrogens is 230 g/mol. The Labute approximate surface area is 103 Å². The summed E-state index contributed by atoms with van der Waals surface area (Å²) in [7, 11) is 1.78. The molecular formula is C11H13N7. The third-order valence-electron chi connectivity index (χ3n) is 2.97. The standard InChI is InChI=1S/C11H13N7/c1-6-7(2)18(5-15-6)10-8-9(14-4-13-8)16-11(12-3)17-10/h4-5H,1-3H3,(H2,12,13,14,16,17). The van der Waals surface area contributed by atoms with Crippen LogP contribution in [0.4, 0.5) is 5.95 Å². The molecule has 2 N–H and O–H groups in total. The van der Waals surface area contributed by atoms with E-state index in [0.29, 0.717) is 11.6 Å². The fourth-order valence-corrected chi connectivity index (χ4v) is 1.82. The van der Waals surface area contributed by atoms with Crippen molar-refractivity contribution < 1.29 is 0 Å². The molecule has 3 aromatic heterocycles. The van der Waals surface area contributed by atoms with Gasteiger partial charge in [0, 0.05) is 12.7 Å². The zero-order chi connectivity index (χ0) is 12.7. The van der Waals surface area contributed by atoms with Gasteiger partial charge in [-0.15, -0.1) is 0 Å². The zero-order valence-electron chi connectivity index (χ0n) is 10.4. The van der Waals surface area contributed by atoms with Crippen LogP contribution in [0.2, 0.25) is 0 Å². The molecule has 0 spiro atoms. The molecule has 0 aliphatic carbocycles. The molecule has 0 unspecified atom stereocenters. The first-order valence-corrected chi connectivity index (χ1v) is 5.60. The number of H-pyrrole nitrogens is 1. The van der Waals surface area contributed by atoms with Gasteiger partial charge in [0.05, 0.1) is 12.0 Å². The predicted molar refractivity (Wildman–Crippen MR) is 67.8 cm³/mol. The summed E-state index contributed by atoms with van der Waals surface area (Å²) < 4.78 is 1.93. The van der Waals surface area contributed by atoms with E-state index in [9.17, 15) is 0 Å². The van der Waals surface area contributed by atoms with Gasteiger partial charge in [-0.3, -0.25) is 4.57 Å². The number of aromatic amines is 1. The summed E-state index contributed by atoms with van der Waals surface area (Å²) in [5.74, 6) is 1.29. The van der Waals surface area contributed by atoms with Crippen molar-refractivity contribution in [2.24, 2.45) is 0 Å². The fraction of sp³-hybridized carbons (Fsp3) is 0.273. The van der Waals surface area contributed by atoms with Crippen LogP contribution in [0, 0.1) is 13.8 Å². The fourth-order valence-electron chi connectivity index (χ4n) is 1.82. The highest BCUT2D eigenvalue weighted by atomic mass is 15.2. The molecule has 18 heavy (non-hydrogen) atoms. The van der Waals surface area contributed by atoms with Crippen molar-refractivity contribution in [3.63, 3.8) is 0 Å². The van der Waals surface area contributed by atoms with Crippen LogP contribution in [-0.4, -0.2) is 36.5 Å². The SMILES string of the molecule is CNc1nc(-n2cnc(C)c2C)c2[nH]cnc2n1.